The van der Waals surface area contributed by atoms with Gasteiger partial charge in [0, 0.05) is 50.6 Å². The van der Waals surface area contributed by atoms with Crippen LogP contribution in [0.25, 0.3) is 0 Å². The Bertz CT molecular complexity index is 2090. The van der Waals surface area contributed by atoms with Crippen molar-refractivity contribution in [3.63, 3.8) is 0 Å². The molecule has 6 N–H and O–H groups in total. The molecule has 0 radical (unpaired) electrons. The fourth-order valence-corrected chi connectivity index (χ4v) is 11.3. The first-order valence-electron chi connectivity index (χ1n) is 26.1. The number of hydrogen-bond acceptors (Lipinski definition) is 10. The van der Waals surface area contributed by atoms with Crippen LogP contribution in [-0.2, 0) is 41.6 Å². The summed E-state index contributed by atoms with van der Waals surface area (Å²) in [4.78, 5) is 90.8. The number of hydrogen-bond donors (Lipinski definition) is 6. The van der Waals surface area contributed by atoms with Crippen LogP contribution in [0.5, 0.6) is 0 Å². The topological polar surface area (TPSA) is 188 Å². The highest BCUT2D eigenvalue weighted by Crippen LogP contribution is 2.40. The van der Waals surface area contributed by atoms with Gasteiger partial charge < -0.3 is 51.5 Å². The zero-order chi connectivity index (χ0) is 50.7. The lowest BCUT2D eigenvalue weighted by atomic mass is 9.85. The Hall–Kier alpha value is -5.22. The number of likely N-dealkylation sites (tertiary alicyclic amines) is 2. The van der Waals surface area contributed by atoms with Gasteiger partial charge in [0.15, 0.2) is 0 Å². The summed E-state index contributed by atoms with van der Waals surface area (Å²) in [7, 11) is 3.42. The van der Waals surface area contributed by atoms with Crippen molar-refractivity contribution in [1.29, 1.82) is 0 Å². The number of rotatable bonds is 14. The van der Waals surface area contributed by atoms with E-state index >= 15 is 0 Å². The monoisotopic (exact) mass is 967 g/mol. The maximum absolute atomic E-state index is 14.2. The molecule has 384 valence electrons. The van der Waals surface area contributed by atoms with Crippen LogP contribution in [0.1, 0.15) is 141 Å². The third kappa shape index (κ3) is 11.4. The molecule has 6 amide bonds. The highest BCUT2D eigenvalue weighted by Gasteiger charge is 2.45. The van der Waals surface area contributed by atoms with Crippen LogP contribution in [-0.4, -0.2) is 135 Å². The van der Waals surface area contributed by atoms with Crippen molar-refractivity contribution in [2.45, 2.75) is 168 Å². The van der Waals surface area contributed by atoms with Gasteiger partial charge in [0.05, 0.1) is 24.2 Å². The number of fused-ring (bicyclic) bond motifs is 2. The number of benzene rings is 2. The fraction of sp³-hybridized carbons (Fsp3) is 0.667. The van der Waals surface area contributed by atoms with Gasteiger partial charge in [-0.25, -0.2) is 0 Å². The van der Waals surface area contributed by atoms with Crippen LogP contribution in [0.3, 0.4) is 0 Å². The highest BCUT2D eigenvalue weighted by atomic mass is 16.2. The summed E-state index contributed by atoms with van der Waals surface area (Å²) in [6.07, 6.45) is 8.01. The van der Waals surface area contributed by atoms with Crippen LogP contribution in [0.4, 0.5) is 11.4 Å². The molecular weight excluding hydrogens is 885 g/mol. The molecule has 8 atom stereocenters. The molecule has 2 aromatic carbocycles. The van der Waals surface area contributed by atoms with Gasteiger partial charge >= 0.3 is 0 Å². The smallest absolute Gasteiger partial charge is 0.246 e. The van der Waals surface area contributed by atoms with Crippen molar-refractivity contribution in [2.24, 2.45) is 10.8 Å². The van der Waals surface area contributed by atoms with E-state index in [1.807, 2.05) is 41.5 Å². The minimum atomic E-state index is -0.768. The number of nitrogens with one attached hydrogen (secondary N) is 6. The Morgan fingerprint density at radius 1 is 0.529 bits per heavy atom. The van der Waals surface area contributed by atoms with Crippen LogP contribution in [0.2, 0.25) is 0 Å². The molecule has 0 bridgehead atoms. The fourth-order valence-electron chi connectivity index (χ4n) is 11.3. The normalized spacial score (nSPS) is 23.3. The number of nitrogens with zero attached hydrogens (tertiary/aromatic N) is 4. The minimum Gasteiger partial charge on any atom is -0.368 e. The van der Waals surface area contributed by atoms with Crippen LogP contribution in [0.15, 0.2) is 36.4 Å². The van der Waals surface area contributed by atoms with E-state index in [0.717, 1.165) is 88.7 Å². The second kappa shape index (κ2) is 22.0. The summed E-state index contributed by atoms with van der Waals surface area (Å²) in [6, 6.07) is 8.97. The molecule has 3 aliphatic heterocycles. The third-order valence-corrected chi connectivity index (χ3v) is 15.7. The summed E-state index contributed by atoms with van der Waals surface area (Å²) in [5.41, 5.74) is 6.18. The van der Waals surface area contributed by atoms with Gasteiger partial charge in [0.1, 0.15) is 24.2 Å². The lowest BCUT2D eigenvalue weighted by Gasteiger charge is -2.41. The van der Waals surface area contributed by atoms with Crippen LogP contribution < -0.4 is 41.7 Å². The average Bonchev–Trinajstić information content (AvgIpc) is 4.05. The van der Waals surface area contributed by atoms with Gasteiger partial charge in [-0.3, -0.25) is 28.8 Å². The van der Waals surface area contributed by atoms with Crippen molar-refractivity contribution in [3.8, 4) is 0 Å². The molecule has 0 spiro atoms. The lowest BCUT2D eigenvalue weighted by molar-refractivity contribution is -0.144. The zero-order valence-electron chi connectivity index (χ0n) is 43.6. The average molecular weight is 967 g/mol. The van der Waals surface area contributed by atoms with Gasteiger partial charge in [-0.05, 0) is 137 Å². The van der Waals surface area contributed by atoms with E-state index in [1.54, 1.807) is 37.7 Å². The predicted molar refractivity (Wildman–Crippen MR) is 274 cm³/mol. The van der Waals surface area contributed by atoms with Gasteiger partial charge in [-0.2, -0.15) is 0 Å². The van der Waals surface area contributed by atoms with Crippen molar-refractivity contribution >= 4 is 46.8 Å². The summed E-state index contributed by atoms with van der Waals surface area (Å²) in [5.74, 6) is -1.21. The standard InChI is InChI=1S/C54H82N10O6/c1-33(55-9)47(65)59-45(53(3,4)5)51(69)63-27-15-25-43(63)49(67)57-39-21-11-19-37-35(39)17-13-23-41(37)61-29-31-62(32-30-61)42-24-14-18-36-38(42)20-12-22-40(36)58-50(68)44-26-16-28-64(44)52(70)46(54(6,7)8)60-48(66)34(2)56-10/h13-14,17-18,23-24,33-34,39-40,43-46,55-56H,11-12,15-16,19-22,25-32H2,1-10H3,(H,57,67)(H,58,68)(H,59,65)(H,60,66)/t33-,34-,39+,40+,43-,44-,45+,46+/m0/s1. The molecule has 16 nitrogen and oxygen atoms in total. The molecular formula is C54H82N10O6. The molecule has 3 heterocycles. The molecule has 7 rings (SSSR count). The Morgan fingerprint density at radius 3 is 1.24 bits per heavy atom. The summed E-state index contributed by atoms with van der Waals surface area (Å²) >= 11 is 0. The van der Waals surface area contributed by atoms with Gasteiger partial charge in [-0.1, -0.05) is 65.8 Å². The molecule has 3 fully saturated rings. The Morgan fingerprint density at radius 2 is 0.900 bits per heavy atom. The van der Waals surface area contributed by atoms with Crippen LogP contribution in [0, 0.1) is 10.8 Å². The van der Waals surface area contributed by atoms with E-state index in [9.17, 15) is 28.8 Å². The second-order valence-corrected chi connectivity index (χ2v) is 22.6. The maximum atomic E-state index is 14.2. The van der Waals surface area contributed by atoms with Gasteiger partial charge in [0.2, 0.25) is 35.4 Å². The first kappa shape index (κ1) is 52.6. The molecule has 16 heteroatoms. The van der Waals surface area contributed by atoms with E-state index in [-0.39, 0.29) is 47.5 Å². The first-order chi connectivity index (χ1) is 33.2. The Balaban J connectivity index is 0.990. The molecule has 70 heavy (non-hydrogen) atoms. The van der Waals surface area contributed by atoms with E-state index in [1.165, 1.54) is 22.5 Å². The van der Waals surface area contributed by atoms with E-state index in [0.29, 0.717) is 25.9 Å². The quantitative estimate of drug-likeness (QED) is 0.160. The number of anilines is 2. The minimum absolute atomic E-state index is 0.138. The Kier molecular flexibility index (Phi) is 16.6. The highest BCUT2D eigenvalue weighted by molar-refractivity contribution is 5.95. The molecule has 0 saturated carbocycles. The molecule has 0 unspecified atom stereocenters. The van der Waals surface area contributed by atoms with Gasteiger partial charge in [0.25, 0.3) is 0 Å². The first-order valence-corrected chi connectivity index (χ1v) is 26.1. The van der Waals surface area contributed by atoms with E-state index in [2.05, 4.69) is 78.1 Å². The lowest BCUT2D eigenvalue weighted by Crippen LogP contribution is -2.59. The molecule has 5 aliphatic rings. The molecule has 2 aliphatic carbocycles. The number of carbonyl (C=O) groups excluding carboxylic acids is 6. The Labute approximate surface area is 416 Å². The van der Waals surface area contributed by atoms with Crippen molar-refractivity contribution in [3.05, 3.63) is 58.7 Å². The number of piperazine rings is 1. The number of likely N-dealkylation sites (N-methyl/N-ethyl adjacent to an activating group) is 2. The molecule has 0 aromatic heterocycles. The summed E-state index contributed by atoms with van der Waals surface area (Å²) < 4.78 is 0. The summed E-state index contributed by atoms with van der Waals surface area (Å²) in [5, 5.41) is 18.6. The second-order valence-electron chi connectivity index (χ2n) is 22.6. The maximum Gasteiger partial charge on any atom is 0.246 e. The van der Waals surface area contributed by atoms with Crippen molar-refractivity contribution in [2.75, 3.05) is 63.2 Å². The predicted octanol–water partition coefficient (Wildman–Crippen LogP) is 4.26. The third-order valence-electron chi connectivity index (χ3n) is 15.7. The van der Waals surface area contributed by atoms with Crippen molar-refractivity contribution in [1.82, 2.24) is 41.7 Å². The molecule has 3 saturated heterocycles. The largest absolute Gasteiger partial charge is 0.368 e. The van der Waals surface area contributed by atoms with Gasteiger partial charge in [-0.15, -0.1) is 0 Å². The summed E-state index contributed by atoms with van der Waals surface area (Å²) in [6.45, 7) is 19.4. The molecule has 2 aromatic rings. The zero-order valence-corrected chi connectivity index (χ0v) is 43.6. The number of carbonyl (C=O) groups is 6. The SMILES string of the molecule is CN[C@@H](C)C(=O)N[C@H](C(=O)N1CCC[C@H]1C(=O)N[C@@H]1CCCc2c1cccc2N1CCN(c2cccc3c2CCC[C@H]3NC(=O)[C@@H]2CCCN2C(=O)[C@@H](NC(=O)[C@H](C)NC)C(C)(C)C)CC1)C(C)(C)C. The van der Waals surface area contributed by atoms with Crippen LogP contribution >= 0.6 is 0 Å². The van der Waals surface area contributed by atoms with E-state index < -0.39 is 47.1 Å². The van der Waals surface area contributed by atoms with E-state index in [4.69, 9.17) is 0 Å². The number of amides is 6. The van der Waals surface area contributed by atoms with Crippen molar-refractivity contribution < 1.29 is 28.8 Å².